The van der Waals surface area contributed by atoms with Crippen molar-refractivity contribution < 1.29 is 4.74 Å². The first kappa shape index (κ1) is 14.9. The van der Waals surface area contributed by atoms with Crippen molar-refractivity contribution >= 4 is 33.3 Å². The molecule has 23 heavy (non-hydrogen) atoms. The number of fused-ring (bicyclic) bond motifs is 1. The molecule has 0 bridgehead atoms. The SMILES string of the molecule is Clc1cnc2nc(Oc3ccc(C4CCCCC4)cc3)sc2c1. The van der Waals surface area contributed by atoms with Gasteiger partial charge in [0.25, 0.3) is 5.19 Å². The van der Waals surface area contributed by atoms with Crippen LogP contribution in [0.25, 0.3) is 10.3 Å². The molecule has 2 aromatic heterocycles. The van der Waals surface area contributed by atoms with Crippen molar-refractivity contribution in [2.75, 3.05) is 0 Å². The second kappa shape index (κ2) is 6.46. The molecule has 1 saturated carbocycles. The Balaban J connectivity index is 1.51. The molecule has 1 fully saturated rings. The van der Waals surface area contributed by atoms with E-state index in [4.69, 9.17) is 16.3 Å². The van der Waals surface area contributed by atoms with Gasteiger partial charge in [0.2, 0.25) is 0 Å². The molecule has 0 aliphatic heterocycles. The predicted molar refractivity (Wildman–Crippen MR) is 94.8 cm³/mol. The first-order chi connectivity index (χ1) is 11.3. The average molecular weight is 345 g/mol. The molecule has 0 amide bonds. The zero-order valence-electron chi connectivity index (χ0n) is 12.7. The molecular weight excluding hydrogens is 328 g/mol. The Morgan fingerprint density at radius 3 is 2.65 bits per heavy atom. The third-order valence-electron chi connectivity index (χ3n) is 4.36. The van der Waals surface area contributed by atoms with Gasteiger partial charge >= 0.3 is 0 Å². The van der Waals surface area contributed by atoms with Gasteiger partial charge < -0.3 is 4.74 Å². The second-order valence-corrected chi connectivity index (χ2v) is 7.39. The van der Waals surface area contributed by atoms with E-state index in [9.17, 15) is 0 Å². The van der Waals surface area contributed by atoms with Crippen molar-refractivity contribution in [3.63, 3.8) is 0 Å². The zero-order chi connectivity index (χ0) is 15.6. The Labute approximate surface area is 144 Å². The molecule has 0 radical (unpaired) electrons. The minimum atomic E-state index is 0.597. The third kappa shape index (κ3) is 3.33. The van der Waals surface area contributed by atoms with Crippen LogP contribution in [0.15, 0.2) is 36.5 Å². The monoisotopic (exact) mass is 344 g/mol. The van der Waals surface area contributed by atoms with Gasteiger partial charge in [-0.1, -0.05) is 54.3 Å². The largest absolute Gasteiger partial charge is 0.431 e. The Hall–Kier alpha value is -1.65. The minimum absolute atomic E-state index is 0.597. The smallest absolute Gasteiger partial charge is 0.281 e. The quantitative estimate of drug-likeness (QED) is 0.568. The molecule has 3 aromatic rings. The fourth-order valence-electron chi connectivity index (χ4n) is 3.16. The number of pyridine rings is 1. The standard InChI is InChI=1S/C18H17ClN2OS/c19-14-10-16-17(20-11-14)21-18(23-16)22-15-8-6-13(7-9-15)12-4-2-1-3-5-12/h6-12H,1-5H2. The van der Waals surface area contributed by atoms with Gasteiger partial charge in [0.05, 0.1) is 9.72 Å². The van der Waals surface area contributed by atoms with E-state index in [0.29, 0.717) is 21.8 Å². The average Bonchev–Trinajstić information content (AvgIpc) is 2.97. The lowest BCUT2D eigenvalue weighted by molar-refractivity contribution is 0.442. The number of halogens is 1. The molecule has 0 unspecified atom stereocenters. The fraction of sp³-hybridized carbons (Fsp3) is 0.333. The van der Waals surface area contributed by atoms with Crippen molar-refractivity contribution in [3.05, 3.63) is 47.1 Å². The highest BCUT2D eigenvalue weighted by Gasteiger charge is 2.15. The van der Waals surface area contributed by atoms with Gasteiger partial charge in [0.15, 0.2) is 5.65 Å². The second-order valence-electron chi connectivity index (χ2n) is 5.96. The molecule has 1 aliphatic rings. The molecule has 4 rings (SSSR count). The van der Waals surface area contributed by atoms with Crippen LogP contribution in [0.1, 0.15) is 43.6 Å². The van der Waals surface area contributed by atoms with Crippen LogP contribution in [0.4, 0.5) is 0 Å². The van der Waals surface area contributed by atoms with E-state index in [2.05, 4.69) is 22.1 Å². The summed E-state index contributed by atoms with van der Waals surface area (Å²) in [5, 5.41) is 1.21. The van der Waals surface area contributed by atoms with Crippen LogP contribution >= 0.6 is 22.9 Å². The van der Waals surface area contributed by atoms with Crippen molar-refractivity contribution in [2.24, 2.45) is 0 Å². The van der Waals surface area contributed by atoms with E-state index in [1.807, 2.05) is 18.2 Å². The first-order valence-electron chi connectivity index (χ1n) is 7.98. The van der Waals surface area contributed by atoms with E-state index >= 15 is 0 Å². The van der Waals surface area contributed by atoms with Crippen molar-refractivity contribution in [3.8, 4) is 10.9 Å². The summed E-state index contributed by atoms with van der Waals surface area (Å²) in [7, 11) is 0. The lowest BCUT2D eigenvalue weighted by atomic mass is 9.84. The Bertz CT molecular complexity index is 810. The van der Waals surface area contributed by atoms with Crippen molar-refractivity contribution in [1.29, 1.82) is 0 Å². The van der Waals surface area contributed by atoms with Crippen LogP contribution in [0, 0.1) is 0 Å². The summed E-state index contributed by atoms with van der Waals surface area (Å²) >= 11 is 7.41. The number of ether oxygens (including phenoxy) is 1. The summed E-state index contributed by atoms with van der Waals surface area (Å²) < 4.78 is 6.81. The summed E-state index contributed by atoms with van der Waals surface area (Å²) in [5.41, 5.74) is 2.10. The molecular formula is C18H17ClN2OS. The van der Waals surface area contributed by atoms with Crippen LogP contribution in [0.2, 0.25) is 5.02 Å². The van der Waals surface area contributed by atoms with Gasteiger partial charge in [-0.2, -0.15) is 4.98 Å². The van der Waals surface area contributed by atoms with Gasteiger partial charge in [-0.3, -0.25) is 0 Å². The van der Waals surface area contributed by atoms with E-state index in [-0.39, 0.29) is 0 Å². The van der Waals surface area contributed by atoms with Gasteiger partial charge in [-0.15, -0.1) is 0 Å². The molecule has 118 valence electrons. The number of hydrogen-bond donors (Lipinski definition) is 0. The minimum Gasteiger partial charge on any atom is -0.431 e. The highest BCUT2D eigenvalue weighted by Crippen LogP contribution is 2.35. The van der Waals surface area contributed by atoms with Crippen LogP contribution in [-0.4, -0.2) is 9.97 Å². The molecule has 1 aromatic carbocycles. The molecule has 1 aliphatic carbocycles. The lowest BCUT2D eigenvalue weighted by Crippen LogP contribution is -2.04. The maximum atomic E-state index is 5.95. The Morgan fingerprint density at radius 2 is 1.87 bits per heavy atom. The molecule has 0 atom stereocenters. The molecule has 3 nitrogen and oxygen atoms in total. The fourth-order valence-corrected chi connectivity index (χ4v) is 4.22. The number of nitrogens with zero attached hydrogens (tertiary/aromatic N) is 2. The maximum Gasteiger partial charge on any atom is 0.281 e. The maximum absolute atomic E-state index is 5.95. The highest BCUT2D eigenvalue weighted by molar-refractivity contribution is 7.20. The topological polar surface area (TPSA) is 35.0 Å². The summed E-state index contributed by atoms with van der Waals surface area (Å²) in [6, 6.07) is 10.3. The van der Waals surface area contributed by atoms with Gasteiger partial charge in [0.1, 0.15) is 5.75 Å². The van der Waals surface area contributed by atoms with Crippen LogP contribution in [-0.2, 0) is 0 Å². The van der Waals surface area contributed by atoms with Gasteiger partial charge in [0, 0.05) is 6.20 Å². The van der Waals surface area contributed by atoms with Crippen LogP contribution < -0.4 is 4.74 Å². The van der Waals surface area contributed by atoms with Crippen LogP contribution in [0.5, 0.6) is 10.9 Å². The van der Waals surface area contributed by atoms with Crippen molar-refractivity contribution in [2.45, 2.75) is 38.0 Å². The number of rotatable bonds is 3. The Morgan fingerprint density at radius 1 is 1.09 bits per heavy atom. The van der Waals surface area contributed by atoms with E-state index < -0.39 is 0 Å². The first-order valence-corrected chi connectivity index (χ1v) is 9.17. The summed E-state index contributed by atoms with van der Waals surface area (Å²) in [6.45, 7) is 0. The summed E-state index contributed by atoms with van der Waals surface area (Å²) in [5.74, 6) is 1.53. The molecule has 0 saturated heterocycles. The predicted octanol–water partition coefficient (Wildman–Crippen LogP) is 6.18. The van der Waals surface area contributed by atoms with E-state index in [1.54, 1.807) is 6.20 Å². The third-order valence-corrected chi connectivity index (χ3v) is 5.43. The van der Waals surface area contributed by atoms with Gasteiger partial charge in [-0.25, -0.2) is 4.98 Å². The number of thiazole rings is 1. The van der Waals surface area contributed by atoms with E-state index in [0.717, 1.165) is 10.4 Å². The van der Waals surface area contributed by atoms with E-state index in [1.165, 1.54) is 49.0 Å². The number of aromatic nitrogens is 2. The number of benzene rings is 1. The Kier molecular flexibility index (Phi) is 4.19. The highest BCUT2D eigenvalue weighted by atomic mass is 35.5. The summed E-state index contributed by atoms with van der Waals surface area (Å²) in [6.07, 6.45) is 8.31. The lowest BCUT2D eigenvalue weighted by Gasteiger charge is -2.21. The molecule has 0 spiro atoms. The molecule has 0 N–H and O–H groups in total. The summed E-state index contributed by atoms with van der Waals surface area (Å²) in [4.78, 5) is 8.59. The zero-order valence-corrected chi connectivity index (χ0v) is 14.2. The van der Waals surface area contributed by atoms with Crippen molar-refractivity contribution in [1.82, 2.24) is 9.97 Å². The molecule has 5 heteroatoms. The molecule has 2 heterocycles. The van der Waals surface area contributed by atoms with Gasteiger partial charge in [-0.05, 0) is 42.5 Å². The normalized spacial score (nSPS) is 15.9. The van der Waals surface area contributed by atoms with Crippen LogP contribution in [0.3, 0.4) is 0 Å². The number of hydrogen-bond acceptors (Lipinski definition) is 4.